The number of H-pyrrole nitrogens is 1. The molecule has 0 spiro atoms. The third-order valence-corrected chi connectivity index (χ3v) is 6.34. The average Bonchev–Trinajstić information content (AvgIpc) is 3.37. The molecule has 26 heavy (non-hydrogen) atoms. The van der Waals surface area contributed by atoms with Crippen LogP contribution in [-0.2, 0) is 11.2 Å². The van der Waals surface area contributed by atoms with E-state index in [1.54, 1.807) is 0 Å². The summed E-state index contributed by atoms with van der Waals surface area (Å²) in [6.45, 7) is 1.92. The Hall–Kier alpha value is -1.97. The minimum Gasteiger partial charge on any atom is -0.340 e. The Morgan fingerprint density at radius 2 is 2.12 bits per heavy atom. The Morgan fingerprint density at radius 1 is 1.27 bits per heavy atom. The number of carbonyl (C=O) groups is 1. The second kappa shape index (κ2) is 7.73. The number of aromatic amines is 1. The lowest BCUT2D eigenvalue weighted by atomic mass is 10.1. The number of hydrogen-bond donors (Lipinski definition) is 2. The standard InChI is InChI=1S/C16H17ClN6OS2/c17-12-5-4-11(26-12)14-18-10(9-25-14)8-13(24)19-15-20-16(22-21-15)23-6-2-1-3-7-23/h4-5,9H,1-3,6-8H2,(H2,19,20,21,22,24). The van der Waals surface area contributed by atoms with Crippen LogP contribution >= 0.6 is 34.3 Å². The highest BCUT2D eigenvalue weighted by atomic mass is 35.5. The average molecular weight is 409 g/mol. The summed E-state index contributed by atoms with van der Waals surface area (Å²) in [5, 5.41) is 12.5. The number of thiazole rings is 1. The van der Waals surface area contributed by atoms with E-state index in [4.69, 9.17) is 11.6 Å². The van der Waals surface area contributed by atoms with Crippen LogP contribution in [-0.4, -0.2) is 39.2 Å². The molecule has 1 saturated heterocycles. The number of hydrogen-bond acceptors (Lipinski definition) is 7. The summed E-state index contributed by atoms with van der Waals surface area (Å²) in [6.07, 6.45) is 3.74. The molecule has 7 nitrogen and oxygen atoms in total. The first kappa shape index (κ1) is 17.4. The van der Waals surface area contributed by atoms with Crippen LogP contribution in [0.25, 0.3) is 9.88 Å². The summed E-state index contributed by atoms with van der Waals surface area (Å²) in [7, 11) is 0. The van der Waals surface area contributed by atoms with Crippen molar-refractivity contribution < 1.29 is 4.79 Å². The quantitative estimate of drug-likeness (QED) is 0.670. The van der Waals surface area contributed by atoms with Crippen LogP contribution < -0.4 is 10.2 Å². The van der Waals surface area contributed by atoms with Gasteiger partial charge in [-0.3, -0.25) is 10.1 Å². The number of amides is 1. The van der Waals surface area contributed by atoms with E-state index in [-0.39, 0.29) is 12.3 Å². The molecule has 0 radical (unpaired) electrons. The molecule has 0 aromatic carbocycles. The van der Waals surface area contributed by atoms with Gasteiger partial charge in [-0.25, -0.2) is 10.1 Å². The predicted molar refractivity (Wildman–Crippen MR) is 105 cm³/mol. The van der Waals surface area contributed by atoms with Gasteiger partial charge in [-0.2, -0.15) is 4.98 Å². The van der Waals surface area contributed by atoms with E-state index in [2.05, 4.69) is 30.4 Å². The van der Waals surface area contributed by atoms with Gasteiger partial charge in [-0.05, 0) is 31.4 Å². The smallest absolute Gasteiger partial charge is 0.246 e. The van der Waals surface area contributed by atoms with E-state index < -0.39 is 0 Å². The molecule has 2 N–H and O–H groups in total. The maximum Gasteiger partial charge on any atom is 0.246 e. The zero-order chi connectivity index (χ0) is 17.9. The van der Waals surface area contributed by atoms with Crippen molar-refractivity contribution in [2.24, 2.45) is 0 Å². The summed E-state index contributed by atoms with van der Waals surface area (Å²) >= 11 is 8.94. The minimum absolute atomic E-state index is 0.174. The number of carbonyl (C=O) groups excluding carboxylic acids is 1. The Balaban J connectivity index is 1.35. The highest BCUT2D eigenvalue weighted by Gasteiger charge is 2.17. The Bertz CT molecular complexity index is 898. The predicted octanol–water partition coefficient (Wildman–Crippen LogP) is 3.81. The molecule has 10 heteroatoms. The third-order valence-electron chi connectivity index (χ3n) is 4.05. The number of nitrogens with zero attached hydrogens (tertiary/aromatic N) is 4. The second-order valence-electron chi connectivity index (χ2n) is 6.00. The van der Waals surface area contributed by atoms with Gasteiger partial charge in [0.25, 0.3) is 0 Å². The van der Waals surface area contributed by atoms with Crippen LogP contribution in [0.15, 0.2) is 17.5 Å². The van der Waals surface area contributed by atoms with Crippen molar-refractivity contribution in [2.75, 3.05) is 23.3 Å². The summed E-state index contributed by atoms with van der Waals surface area (Å²) in [4.78, 5) is 24.3. The van der Waals surface area contributed by atoms with Gasteiger partial charge in [0.2, 0.25) is 17.8 Å². The SMILES string of the molecule is O=C(Cc1csc(-c2ccc(Cl)s2)n1)Nc1nc(N2CCCCC2)n[nH]1. The topological polar surface area (TPSA) is 86.8 Å². The Labute approximate surface area is 163 Å². The molecule has 0 saturated carbocycles. The van der Waals surface area contributed by atoms with Crippen molar-refractivity contribution in [3.8, 4) is 9.88 Å². The summed E-state index contributed by atoms with van der Waals surface area (Å²) in [5.74, 6) is 0.842. The van der Waals surface area contributed by atoms with Crippen molar-refractivity contribution in [2.45, 2.75) is 25.7 Å². The van der Waals surface area contributed by atoms with E-state index in [0.717, 1.165) is 45.8 Å². The molecule has 3 aromatic heterocycles. The molecule has 0 aliphatic carbocycles. The lowest BCUT2D eigenvalue weighted by molar-refractivity contribution is -0.115. The highest BCUT2D eigenvalue weighted by Crippen LogP contribution is 2.33. The van der Waals surface area contributed by atoms with Crippen molar-refractivity contribution in [1.82, 2.24) is 20.2 Å². The molecular formula is C16H17ClN6OS2. The number of halogens is 1. The molecule has 136 valence electrons. The fourth-order valence-corrected chi connectivity index (χ4v) is 4.75. The van der Waals surface area contributed by atoms with Gasteiger partial charge in [-0.15, -0.1) is 27.8 Å². The van der Waals surface area contributed by atoms with Crippen LogP contribution in [0.1, 0.15) is 25.0 Å². The molecule has 3 aromatic rings. The second-order valence-corrected chi connectivity index (χ2v) is 8.58. The van der Waals surface area contributed by atoms with Gasteiger partial charge >= 0.3 is 0 Å². The van der Waals surface area contributed by atoms with E-state index in [1.807, 2.05) is 17.5 Å². The number of rotatable bonds is 5. The van der Waals surface area contributed by atoms with Crippen molar-refractivity contribution >= 4 is 52.1 Å². The number of piperidine rings is 1. The molecule has 0 bridgehead atoms. The Kier molecular flexibility index (Phi) is 5.18. The molecule has 1 fully saturated rings. The lowest BCUT2D eigenvalue weighted by Crippen LogP contribution is -2.30. The molecule has 1 aliphatic rings. The molecule has 4 rings (SSSR count). The van der Waals surface area contributed by atoms with Gasteiger partial charge in [0.15, 0.2) is 0 Å². The zero-order valence-electron chi connectivity index (χ0n) is 13.9. The summed E-state index contributed by atoms with van der Waals surface area (Å²) in [5.41, 5.74) is 0.725. The fourth-order valence-electron chi connectivity index (χ4n) is 2.82. The number of nitrogens with one attached hydrogen (secondary N) is 2. The lowest BCUT2D eigenvalue weighted by Gasteiger charge is -2.24. The van der Waals surface area contributed by atoms with Crippen molar-refractivity contribution in [3.63, 3.8) is 0 Å². The van der Waals surface area contributed by atoms with Crippen LogP contribution in [0, 0.1) is 0 Å². The van der Waals surface area contributed by atoms with Crippen molar-refractivity contribution in [3.05, 3.63) is 27.5 Å². The first-order valence-electron chi connectivity index (χ1n) is 8.35. The molecule has 1 amide bonds. The normalized spacial score (nSPS) is 14.6. The maximum atomic E-state index is 12.3. The summed E-state index contributed by atoms with van der Waals surface area (Å²) in [6, 6.07) is 3.78. The monoisotopic (exact) mass is 408 g/mol. The number of thiophene rings is 1. The molecule has 4 heterocycles. The van der Waals surface area contributed by atoms with Crippen LogP contribution in [0.3, 0.4) is 0 Å². The first-order valence-corrected chi connectivity index (χ1v) is 10.4. The van der Waals surface area contributed by atoms with Crippen LogP contribution in [0.5, 0.6) is 0 Å². The summed E-state index contributed by atoms with van der Waals surface area (Å²) < 4.78 is 0.726. The number of aromatic nitrogens is 4. The van der Waals surface area contributed by atoms with Crippen molar-refractivity contribution in [1.29, 1.82) is 0 Å². The molecule has 1 aliphatic heterocycles. The van der Waals surface area contributed by atoms with Gasteiger partial charge in [0.1, 0.15) is 5.01 Å². The minimum atomic E-state index is -0.174. The highest BCUT2D eigenvalue weighted by molar-refractivity contribution is 7.23. The van der Waals surface area contributed by atoms with Gasteiger partial charge in [0, 0.05) is 18.5 Å². The molecular weight excluding hydrogens is 392 g/mol. The molecule has 0 unspecified atom stereocenters. The van der Waals surface area contributed by atoms with Gasteiger partial charge < -0.3 is 4.90 Å². The van der Waals surface area contributed by atoms with Crippen LogP contribution in [0.4, 0.5) is 11.9 Å². The van der Waals surface area contributed by atoms with Gasteiger partial charge in [0.05, 0.1) is 21.3 Å². The van der Waals surface area contributed by atoms with E-state index in [0.29, 0.717) is 11.9 Å². The molecule has 0 atom stereocenters. The largest absolute Gasteiger partial charge is 0.340 e. The van der Waals surface area contributed by atoms with E-state index in [9.17, 15) is 4.79 Å². The van der Waals surface area contributed by atoms with E-state index in [1.165, 1.54) is 29.1 Å². The Morgan fingerprint density at radius 3 is 2.88 bits per heavy atom. The van der Waals surface area contributed by atoms with E-state index >= 15 is 0 Å². The number of anilines is 2. The fraction of sp³-hybridized carbons (Fsp3) is 0.375. The van der Waals surface area contributed by atoms with Crippen LogP contribution in [0.2, 0.25) is 4.34 Å². The third kappa shape index (κ3) is 4.05. The zero-order valence-corrected chi connectivity index (χ0v) is 16.3. The van der Waals surface area contributed by atoms with Gasteiger partial charge in [-0.1, -0.05) is 11.6 Å². The first-order chi connectivity index (χ1) is 12.7. The maximum absolute atomic E-state index is 12.3.